The SMILES string of the molecule is CSCCNCc1ccc(-c2ccc3c(c2)C2=Nc4ccc(F)c(C)c4CN2C=N3)o1. The third kappa shape index (κ3) is 3.79. The molecule has 2 aliphatic rings. The molecule has 31 heavy (non-hydrogen) atoms. The maximum atomic E-state index is 14.0. The average Bonchev–Trinajstić information content (AvgIpc) is 3.27. The van der Waals surface area contributed by atoms with Gasteiger partial charge in [-0.2, -0.15) is 11.8 Å². The molecule has 0 spiro atoms. The Morgan fingerprint density at radius 1 is 1.16 bits per heavy atom. The number of halogens is 1. The lowest BCUT2D eigenvalue weighted by atomic mass is 10.00. The number of rotatable bonds is 6. The van der Waals surface area contributed by atoms with E-state index in [9.17, 15) is 4.39 Å². The van der Waals surface area contributed by atoms with Crippen LogP contribution in [0.5, 0.6) is 0 Å². The van der Waals surface area contributed by atoms with Gasteiger partial charge < -0.3 is 14.6 Å². The van der Waals surface area contributed by atoms with Crippen molar-refractivity contribution in [1.82, 2.24) is 10.2 Å². The number of thioether (sulfide) groups is 1. The van der Waals surface area contributed by atoms with Crippen molar-refractivity contribution >= 4 is 35.3 Å². The van der Waals surface area contributed by atoms with Crippen molar-refractivity contribution in [3.63, 3.8) is 0 Å². The van der Waals surface area contributed by atoms with E-state index in [0.717, 1.165) is 57.7 Å². The average molecular weight is 435 g/mol. The van der Waals surface area contributed by atoms with E-state index in [1.54, 1.807) is 19.3 Å². The smallest absolute Gasteiger partial charge is 0.144 e. The number of furan rings is 1. The zero-order chi connectivity index (χ0) is 21.4. The van der Waals surface area contributed by atoms with Gasteiger partial charge in [-0.05, 0) is 61.2 Å². The first-order chi connectivity index (χ1) is 15.1. The van der Waals surface area contributed by atoms with Gasteiger partial charge in [-0.25, -0.2) is 14.4 Å². The van der Waals surface area contributed by atoms with Crippen LogP contribution < -0.4 is 5.32 Å². The Morgan fingerprint density at radius 3 is 2.90 bits per heavy atom. The second-order valence-corrected chi connectivity index (χ2v) is 8.63. The quantitative estimate of drug-likeness (QED) is 0.527. The van der Waals surface area contributed by atoms with Crippen molar-refractivity contribution in [2.75, 3.05) is 18.6 Å². The summed E-state index contributed by atoms with van der Waals surface area (Å²) >= 11 is 1.82. The number of hydrogen-bond donors (Lipinski definition) is 1. The van der Waals surface area contributed by atoms with Crippen molar-refractivity contribution in [1.29, 1.82) is 0 Å². The van der Waals surface area contributed by atoms with Crippen LogP contribution in [0.4, 0.5) is 15.8 Å². The first-order valence-electron chi connectivity index (χ1n) is 10.2. The number of benzene rings is 2. The van der Waals surface area contributed by atoms with E-state index in [1.165, 1.54) is 6.07 Å². The summed E-state index contributed by atoms with van der Waals surface area (Å²) in [4.78, 5) is 11.4. The van der Waals surface area contributed by atoms with E-state index in [0.29, 0.717) is 18.7 Å². The molecule has 0 bridgehead atoms. The molecule has 158 valence electrons. The molecule has 5 rings (SSSR count). The maximum Gasteiger partial charge on any atom is 0.144 e. The number of fused-ring (bicyclic) bond motifs is 4. The molecule has 0 amide bonds. The molecule has 0 fully saturated rings. The summed E-state index contributed by atoms with van der Waals surface area (Å²) in [6.45, 7) is 4.02. The van der Waals surface area contributed by atoms with Crippen LogP contribution in [0.3, 0.4) is 0 Å². The highest BCUT2D eigenvalue weighted by Gasteiger charge is 2.27. The van der Waals surface area contributed by atoms with Crippen LogP contribution in [0.2, 0.25) is 0 Å². The fourth-order valence-corrected chi connectivity index (χ4v) is 4.23. The fourth-order valence-electron chi connectivity index (χ4n) is 3.88. The lowest BCUT2D eigenvalue weighted by Gasteiger charge is -2.31. The highest BCUT2D eigenvalue weighted by atomic mass is 32.2. The van der Waals surface area contributed by atoms with Gasteiger partial charge in [0, 0.05) is 29.0 Å². The summed E-state index contributed by atoms with van der Waals surface area (Å²) in [5.74, 6) is 3.43. The third-order valence-electron chi connectivity index (χ3n) is 5.64. The van der Waals surface area contributed by atoms with E-state index in [-0.39, 0.29) is 5.82 Å². The highest BCUT2D eigenvalue weighted by Crippen LogP contribution is 2.37. The zero-order valence-electron chi connectivity index (χ0n) is 17.5. The van der Waals surface area contributed by atoms with Crippen LogP contribution in [0, 0.1) is 12.7 Å². The molecule has 3 aromatic rings. The number of nitrogens with one attached hydrogen (secondary N) is 1. The predicted octanol–water partition coefficient (Wildman–Crippen LogP) is 5.41. The van der Waals surface area contributed by atoms with Gasteiger partial charge in [-0.3, -0.25) is 0 Å². The molecule has 1 N–H and O–H groups in total. The van der Waals surface area contributed by atoms with Gasteiger partial charge >= 0.3 is 0 Å². The second-order valence-electron chi connectivity index (χ2n) is 7.65. The van der Waals surface area contributed by atoms with Gasteiger partial charge in [0.15, 0.2) is 0 Å². The molecule has 0 aliphatic carbocycles. The molecule has 0 saturated carbocycles. The van der Waals surface area contributed by atoms with E-state index in [4.69, 9.17) is 9.41 Å². The normalized spacial score (nSPS) is 14.2. The zero-order valence-corrected chi connectivity index (χ0v) is 18.3. The molecule has 5 nitrogen and oxygen atoms in total. The first-order valence-corrected chi connectivity index (χ1v) is 11.6. The first kappa shape index (κ1) is 20.0. The van der Waals surface area contributed by atoms with Crippen LogP contribution in [-0.2, 0) is 13.1 Å². The molecule has 0 radical (unpaired) electrons. The summed E-state index contributed by atoms with van der Waals surface area (Å²) in [5, 5.41) is 3.39. The van der Waals surface area contributed by atoms with Crippen LogP contribution in [0.1, 0.15) is 22.5 Å². The van der Waals surface area contributed by atoms with Crippen LogP contribution in [0.25, 0.3) is 11.3 Å². The molecular formula is C24H23FN4OS. The Kier molecular flexibility index (Phi) is 5.38. The predicted molar refractivity (Wildman–Crippen MR) is 125 cm³/mol. The van der Waals surface area contributed by atoms with E-state index >= 15 is 0 Å². The Labute approximate surface area is 185 Å². The molecule has 7 heteroatoms. The largest absolute Gasteiger partial charge is 0.460 e. The van der Waals surface area contributed by atoms with Gasteiger partial charge in [0.1, 0.15) is 23.2 Å². The van der Waals surface area contributed by atoms with Crippen molar-refractivity contribution in [3.05, 3.63) is 70.7 Å². The third-order valence-corrected chi connectivity index (χ3v) is 6.25. The van der Waals surface area contributed by atoms with Crippen molar-refractivity contribution < 1.29 is 8.81 Å². The molecule has 1 aromatic heterocycles. The molecule has 0 atom stereocenters. The lowest BCUT2D eigenvalue weighted by Crippen LogP contribution is -2.34. The Balaban J connectivity index is 1.46. The standard InChI is InChI=1S/C24H23FN4OS/c1-15-19-13-29-14-27-21-6-3-16(23-8-4-17(30-23)12-26-9-10-31-2)11-18(21)24(29)28-22(19)7-5-20(15)25/h3-8,11,14,26H,9-10,12-13H2,1-2H3. The van der Waals surface area contributed by atoms with Crippen molar-refractivity contribution in [2.24, 2.45) is 9.98 Å². The van der Waals surface area contributed by atoms with Gasteiger partial charge in [0.25, 0.3) is 0 Å². The number of nitrogens with zero attached hydrogens (tertiary/aromatic N) is 3. The Hall–Kier alpha value is -2.90. The van der Waals surface area contributed by atoms with Crippen molar-refractivity contribution in [2.45, 2.75) is 20.0 Å². The second kappa shape index (κ2) is 8.32. The molecular weight excluding hydrogens is 411 g/mol. The number of aliphatic imine (C=N–C) groups is 2. The topological polar surface area (TPSA) is 53.1 Å². The summed E-state index contributed by atoms with van der Waals surface area (Å²) < 4.78 is 20.1. The molecule has 3 heterocycles. The number of hydrogen-bond acceptors (Lipinski definition) is 6. The van der Waals surface area contributed by atoms with Crippen LogP contribution in [-0.4, -0.2) is 35.6 Å². The summed E-state index contributed by atoms with van der Waals surface area (Å²) in [6, 6.07) is 13.3. The van der Waals surface area contributed by atoms with Gasteiger partial charge in [0.05, 0.1) is 30.8 Å². The Morgan fingerprint density at radius 2 is 2.03 bits per heavy atom. The molecule has 0 unspecified atom stereocenters. The lowest BCUT2D eigenvalue weighted by molar-refractivity contribution is 0.499. The van der Waals surface area contributed by atoms with E-state index in [1.807, 2.05) is 40.9 Å². The summed E-state index contributed by atoms with van der Waals surface area (Å²) in [5.41, 5.74) is 5.15. The summed E-state index contributed by atoms with van der Waals surface area (Å²) in [7, 11) is 0. The van der Waals surface area contributed by atoms with Gasteiger partial charge in [-0.15, -0.1) is 0 Å². The molecule has 2 aromatic carbocycles. The summed E-state index contributed by atoms with van der Waals surface area (Å²) in [6.07, 6.45) is 3.88. The minimum absolute atomic E-state index is 0.203. The van der Waals surface area contributed by atoms with Crippen LogP contribution >= 0.6 is 11.8 Å². The Bertz CT molecular complexity index is 1200. The monoisotopic (exact) mass is 434 g/mol. The van der Waals surface area contributed by atoms with E-state index < -0.39 is 0 Å². The minimum atomic E-state index is -0.203. The highest BCUT2D eigenvalue weighted by molar-refractivity contribution is 7.98. The number of amidine groups is 1. The van der Waals surface area contributed by atoms with Gasteiger partial charge in [0.2, 0.25) is 0 Å². The molecule has 2 aliphatic heterocycles. The van der Waals surface area contributed by atoms with Crippen molar-refractivity contribution in [3.8, 4) is 11.3 Å². The fraction of sp³-hybridized carbons (Fsp3) is 0.250. The van der Waals surface area contributed by atoms with Gasteiger partial charge in [-0.1, -0.05) is 0 Å². The minimum Gasteiger partial charge on any atom is -0.460 e. The van der Waals surface area contributed by atoms with Crippen LogP contribution in [0.15, 0.2) is 56.9 Å². The maximum absolute atomic E-state index is 14.0. The molecule has 0 saturated heterocycles. The van der Waals surface area contributed by atoms with E-state index in [2.05, 4.69) is 22.6 Å².